The summed E-state index contributed by atoms with van der Waals surface area (Å²) in [4.78, 5) is 20.5. The first-order chi connectivity index (χ1) is 6.31. The molecule has 1 aromatic rings. The molecule has 14 heavy (non-hydrogen) atoms. The highest BCUT2D eigenvalue weighted by Gasteiger charge is 2.15. The first-order valence-corrected chi connectivity index (χ1v) is 6.98. The summed E-state index contributed by atoms with van der Waals surface area (Å²) in [5.41, 5.74) is -1.37. The SMILES string of the molecule is O=P([O-])([O-])CS(=O)(=O)c1ccccc1. The summed E-state index contributed by atoms with van der Waals surface area (Å²) in [6.07, 6.45) is 0. The van der Waals surface area contributed by atoms with Crippen molar-refractivity contribution in [1.82, 2.24) is 0 Å². The zero-order chi connectivity index (χ0) is 10.8. The van der Waals surface area contributed by atoms with Gasteiger partial charge in [-0.25, -0.2) is 8.42 Å². The molecular weight excluding hydrogens is 227 g/mol. The zero-order valence-electron chi connectivity index (χ0n) is 6.99. The van der Waals surface area contributed by atoms with Crippen LogP contribution in [-0.4, -0.2) is 13.9 Å². The van der Waals surface area contributed by atoms with E-state index in [-0.39, 0.29) is 4.90 Å². The molecule has 0 saturated carbocycles. The highest BCUT2D eigenvalue weighted by molar-refractivity contribution is 7.97. The van der Waals surface area contributed by atoms with Gasteiger partial charge in [-0.3, -0.25) is 0 Å². The van der Waals surface area contributed by atoms with Crippen molar-refractivity contribution < 1.29 is 22.8 Å². The van der Waals surface area contributed by atoms with Gasteiger partial charge < -0.3 is 14.4 Å². The van der Waals surface area contributed by atoms with Gasteiger partial charge >= 0.3 is 0 Å². The first-order valence-electron chi connectivity index (χ1n) is 3.60. The third-order valence-corrected chi connectivity index (χ3v) is 5.05. The van der Waals surface area contributed by atoms with Crippen molar-refractivity contribution >= 4 is 17.4 Å². The van der Waals surface area contributed by atoms with Crippen molar-refractivity contribution in [2.75, 3.05) is 5.49 Å². The predicted octanol–water partition coefficient (Wildman–Crippen LogP) is -0.669. The molecule has 1 rings (SSSR count). The van der Waals surface area contributed by atoms with Crippen LogP contribution in [0.3, 0.4) is 0 Å². The second kappa shape index (κ2) is 3.82. The van der Waals surface area contributed by atoms with Gasteiger partial charge in [0, 0.05) is 0 Å². The van der Waals surface area contributed by atoms with Crippen molar-refractivity contribution in [3.05, 3.63) is 30.3 Å². The van der Waals surface area contributed by atoms with Crippen molar-refractivity contribution in [2.45, 2.75) is 4.90 Å². The van der Waals surface area contributed by atoms with Gasteiger partial charge in [0.05, 0.1) is 10.4 Å². The second-order valence-electron chi connectivity index (χ2n) is 2.67. The Balaban J connectivity index is 3.05. The minimum absolute atomic E-state index is 0.160. The summed E-state index contributed by atoms with van der Waals surface area (Å²) < 4.78 is 32.9. The van der Waals surface area contributed by atoms with Crippen molar-refractivity contribution in [1.29, 1.82) is 0 Å². The molecule has 0 spiro atoms. The van der Waals surface area contributed by atoms with Gasteiger partial charge in [-0.15, -0.1) is 0 Å². The smallest absolute Gasteiger partial charge is 0.183 e. The largest absolute Gasteiger partial charge is 0.810 e. The van der Waals surface area contributed by atoms with E-state index in [1.807, 2.05) is 0 Å². The fourth-order valence-electron chi connectivity index (χ4n) is 0.911. The van der Waals surface area contributed by atoms with E-state index in [2.05, 4.69) is 0 Å². The Hall–Kier alpha value is -0.680. The second-order valence-corrected chi connectivity index (χ2v) is 6.62. The van der Waals surface area contributed by atoms with Crippen LogP contribution in [0.15, 0.2) is 35.2 Å². The maximum Gasteiger partial charge on any atom is 0.183 e. The molecule has 1 aromatic carbocycles. The molecule has 0 bridgehead atoms. The van der Waals surface area contributed by atoms with Crippen molar-refractivity contribution in [2.24, 2.45) is 0 Å². The van der Waals surface area contributed by atoms with E-state index < -0.39 is 22.9 Å². The van der Waals surface area contributed by atoms with Gasteiger partial charge in [-0.05, 0) is 12.1 Å². The van der Waals surface area contributed by atoms with Gasteiger partial charge in [0.25, 0.3) is 0 Å². The predicted molar refractivity (Wildman–Crippen MR) is 46.1 cm³/mol. The maximum atomic E-state index is 11.3. The highest BCUT2D eigenvalue weighted by atomic mass is 32.2. The Bertz CT molecular complexity index is 446. The molecule has 5 nitrogen and oxygen atoms in total. The molecule has 0 saturated heterocycles. The van der Waals surface area contributed by atoms with Gasteiger partial charge in [0.15, 0.2) is 9.84 Å². The van der Waals surface area contributed by atoms with Crippen LogP contribution in [0.1, 0.15) is 0 Å². The Morgan fingerprint density at radius 1 is 1.14 bits per heavy atom. The van der Waals surface area contributed by atoms with E-state index >= 15 is 0 Å². The lowest BCUT2D eigenvalue weighted by atomic mass is 10.4. The van der Waals surface area contributed by atoms with E-state index in [9.17, 15) is 22.8 Å². The summed E-state index contributed by atoms with van der Waals surface area (Å²) >= 11 is 0. The van der Waals surface area contributed by atoms with Crippen molar-refractivity contribution in [3.63, 3.8) is 0 Å². The average molecular weight is 234 g/mol. The van der Waals surface area contributed by atoms with Crippen LogP contribution in [0.2, 0.25) is 0 Å². The molecule has 0 atom stereocenters. The van der Waals surface area contributed by atoms with E-state index in [0.29, 0.717) is 0 Å². The standard InChI is InChI=1S/C7H9O5PS/c8-13(9,10)6-14(11,12)7-4-2-1-3-5-7/h1-5H,6H2,(H2,8,9,10)/p-2. The molecule has 0 unspecified atom stereocenters. The molecule has 0 aliphatic heterocycles. The van der Waals surface area contributed by atoms with Crippen LogP contribution in [0.4, 0.5) is 0 Å². The highest BCUT2D eigenvalue weighted by Crippen LogP contribution is 2.28. The van der Waals surface area contributed by atoms with Crippen molar-refractivity contribution in [3.8, 4) is 0 Å². The summed E-state index contributed by atoms with van der Waals surface area (Å²) in [5.74, 6) is 0. The molecule has 0 heterocycles. The number of rotatable bonds is 3. The molecule has 0 amide bonds. The molecule has 0 radical (unpaired) electrons. The number of hydrogen-bond donors (Lipinski definition) is 0. The molecule has 0 aliphatic rings. The lowest BCUT2D eigenvalue weighted by molar-refractivity contribution is -0.311. The Labute approximate surface area is 81.5 Å². The summed E-state index contributed by atoms with van der Waals surface area (Å²) in [6, 6.07) is 6.98. The minimum Gasteiger partial charge on any atom is -0.810 e. The van der Waals surface area contributed by atoms with Crippen LogP contribution < -0.4 is 9.79 Å². The summed E-state index contributed by atoms with van der Waals surface area (Å²) in [6.45, 7) is 0. The quantitative estimate of drug-likeness (QED) is 0.646. The molecular formula is C7H7O5PS-2. The van der Waals surface area contributed by atoms with Gasteiger partial charge in [-0.2, -0.15) is 0 Å². The minimum atomic E-state index is -5.04. The lowest BCUT2D eigenvalue weighted by Crippen LogP contribution is -2.22. The Morgan fingerprint density at radius 2 is 1.64 bits per heavy atom. The van der Waals surface area contributed by atoms with Crippen LogP contribution in [0, 0.1) is 0 Å². The fourth-order valence-corrected chi connectivity index (χ4v) is 3.74. The van der Waals surface area contributed by atoms with Gasteiger partial charge in [0.1, 0.15) is 0 Å². The fraction of sp³-hybridized carbons (Fsp3) is 0.143. The van der Waals surface area contributed by atoms with Crippen LogP contribution in [0.5, 0.6) is 0 Å². The average Bonchev–Trinajstić information content (AvgIpc) is 2.01. The van der Waals surface area contributed by atoms with E-state index in [1.54, 1.807) is 6.07 Å². The Morgan fingerprint density at radius 3 is 2.07 bits per heavy atom. The van der Waals surface area contributed by atoms with Crippen LogP contribution in [-0.2, 0) is 14.4 Å². The summed E-state index contributed by atoms with van der Waals surface area (Å²) in [7, 11) is -9.05. The Kier molecular flexibility index (Phi) is 3.11. The van der Waals surface area contributed by atoms with Crippen LogP contribution in [0.25, 0.3) is 0 Å². The van der Waals surface area contributed by atoms with E-state index in [0.717, 1.165) is 0 Å². The first kappa shape index (κ1) is 11.4. The van der Waals surface area contributed by atoms with Crippen LogP contribution >= 0.6 is 7.60 Å². The zero-order valence-corrected chi connectivity index (χ0v) is 8.70. The molecule has 0 aromatic heterocycles. The molecule has 78 valence electrons. The number of sulfone groups is 1. The number of benzene rings is 1. The summed E-state index contributed by atoms with van der Waals surface area (Å²) in [5, 5.41) is 0. The number of hydrogen-bond acceptors (Lipinski definition) is 5. The third-order valence-electron chi connectivity index (χ3n) is 1.43. The normalized spacial score (nSPS) is 12.7. The monoisotopic (exact) mass is 234 g/mol. The third kappa shape index (κ3) is 3.23. The van der Waals surface area contributed by atoms with E-state index in [4.69, 9.17) is 0 Å². The molecule has 7 heteroatoms. The lowest BCUT2D eigenvalue weighted by Gasteiger charge is -2.28. The molecule has 0 aliphatic carbocycles. The van der Waals surface area contributed by atoms with E-state index in [1.165, 1.54) is 24.3 Å². The van der Waals surface area contributed by atoms with Gasteiger partial charge in [0.2, 0.25) is 0 Å². The molecule has 0 N–H and O–H groups in total. The molecule has 0 fully saturated rings. The van der Waals surface area contributed by atoms with Gasteiger partial charge in [-0.1, -0.05) is 25.8 Å². The topological polar surface area (TPSA) is 97.3 Å². The maximum absolute atomic E-state index is 11.3.